The van der Waals surface area contributed by atoms with Crippen molar-refractivity contribution in [3.05, 3.63) is 14.1 Å². The Balaban J connectivity index is -0.00000000443. The second kappa shape index (κ2) is 1880. The molecule has 0 aliphatic rings. The molecule has 12 nitrogen and oxygen atoms in total. The van der Waals surface area contributed by atoms with Gasteiger partial charge in [-0.25, -0.2) is 0 Å². The molecule has 0 aliphatic heterocycles. The summed E-state index contributed by atoms with van der Waals surface area (Å²) in [5.74, 6) is 0. The van der Waals surface area contributed by atoms with Crippen LogP contribution in [0.25, 0.3) is 0 Å². The number of carbonyl (C=O) groups excluding carboxylic acids is 11. The van der Waals surface area contributed by atoms with Crippen LogP contribution in [-0.2, 0) is 99.5 Å². The zero-order chi connectivity index (χ0) is 24.0. The molecule has 0 aromatic carbocycles. The second-order valence-corrected chi connectivity index (χ2v) is 0. The van der Waals surface area contributed by atoms with E-state index in [2.05, 4.69) is 81.3 Å². The average Bonchev–Trinajstić information content (AvgIpc) is 2.84. The van der Waals surface area contributed by atoms with Crippen LogP contribution >= 0.6 is 0 Å². The minimum atomic E-state index is 0. The minimum Gasteiger partial charge on any atom is -0.545 e. The molecule has 14 heteroatoms. The quantitative estimate of drug-likeness (QED) is 0.131. The van der Waals surface area contributed by atoms with Crippen molar-refractivity contribution in [2.45, 2.75) is 0 Å². The molecule has 0 amide bonds. The summed E-state index contributed by atoms with van der Waals surface area (Å²) >= 11 is 0. The van der Waals surface area contributed by atoms with Gasteiger partial charge in [-0.1, -0.05) is 0 Å². The van der Waals surface area contributed by atoms with Gasteiger partial charge in [0.25, 0.3) is 0 Å². The van der Waals surface area contributed by atoms with Gasteiger partial charge in [0.1, 0.15) is 0 Å². The number of hydrogen-bond acceptors (Lipinski definition) is 11. The van der Waals surface area contributed by atoms with E-state index in [4.69, 9.17) is 57.4 Å². The molecule has 162 valence electrons. The smallest absolute Gasteiger partial charge is 0 e. The summed E-state index contributed by atoms with van der Waals surface area (Å²) < 4.78 is 7.50. The van der Waals surface area contributed by atoms with Gasteiger partial charge in [-0.3, -0.25) is 74.7 Å². The molecule has 0 saturated heterocycles. The normalized spacial score (nSPS) is 1.70. The molecule has 0 fully saturated rings. The van der Waals surface area contributed by atoms with Crippen LogP contribution in [0.5, 0.6) is 0 Å². The van der Waals surface area contributed by atoms with Gasteiger partial charge in [0.05, 0.1) is 0 Å². The first-order chi connectivity index (χ1) is 12.0. The average molecular weight is 554 g/mol. The van der Waals surface area contributed by atoms with E-state index in [1.165, 1.54) is 0 Å². The predicted octanol–water partition coefficient (Wildman–Crippen LogP) is -2.61. The van der Waals surface area contributed by atoms with Crippen molar-refractivity contribution in [2.75, 3.05) is 0 Å². The summed E-state index contributed by atoms with van der Waals surface area (Å²) in [6.07, 6.45) is 0. The summed E-state index contributed by atoms with van der Waals surface area (Å²) in [5.41, 5.74) is 0. The molecular weight excluding hydrogens is 540 g/mol. The standard InChI is InChI=1S/11CHO.CO.CH3.2Mo/c12*1-2;;;/h11*1H;;1H3;;/q11*-1;;-1;;. The van der Waals surface area contributed by atoms with Gasteiger partial charge in [-0.15, -0.1) is 0 Å². The van der Waals surface area contributed by atoms with Crippen molar-refractivity contribution in [2.24, 2.45) is 0 Å². The monoisotopic (exact) mass is 558 g/mol. The van der Waals surface area contributed by atoms with E-state index in [0.29, 0.717) is 0 Å². The predicted molar refractivity (Wildman–Crippen MR) is 84.6 cm³/mol. The maximum absolute atomic E-state index is 7.75. The Morgan fingerprint density at radius 3 is 0.296 bits per heavy atom. The molecule has 0 bridgehead atoms. The number of hydrogen-bond donors (Lipinski definition) is 0. The van der Waals surface area contributed by atoms with Crippen molar-refractivity contribution in [3.8, 4) is 0 Å². The van der Waals surface area contributed by atoms with Gasteiger partial charge in [0.2, 0.25) is 0 Å². The van der Waals surface area contributed by atoms with Crippen LogP contribution in [0.4, 0.5) is 0 Å². The van der Waals surface area contributed by atoms with E-state index in [1.54, 1.807) is 0 Å². The van der Waals surface area contributed by atoms with Crippen molar-refractivity contribution >= 4 is 74.7 Å². The van der Waals surface area contributed by atoms with E-state index in [1.807, 2.05) is 0 Å². The first-order valence-corrected chi connectivity index (χ1v) is 2.80. The van der Waals surface area contributed by atoms with Crippen LogP contribution in [0.15, 0.2) is 0 Å². The van der Waals surface area contributed by atoms with Crippen molar-refractivity contribution < 1.29 is 99.5 Å². The minimum absolute atomic E-state index is 0. The maximum atomic E-state index is 7.75. The molecule has 0 aromatic heterocycles. The van der Waals surface area contributed by atoms with Crippen molar-refractivity contribution in [1.82, 2.24) is 0 Å². The van der Waals surface area contributed by atoms with Crippen LogP contribution in [0.2, 0.25) is 0 Å². The fourth-order valence-electron chi connectivity index (χ4n) is 0. The van der Waals surface area contributed by atoms with E-state index in [9.17, 15) is 0 Å². The fourth-order valence-corrected chi connectivity index (χ4v) is 0. The molecule has 0 unspecified atom stereocenters. The van der Waals surface area contributed by atoms with Crippen LogP contribution in [-0.4, -0.2) is 74.7 Å². The maximum Gasteiger partial charge on any atom is 0 e. The van der Waals surface area contributed by atoms with Crippen LogP contribution in [0.1, 0.15) is 0 Å². The third kappa shape index (κ3) is 1720. The Kier molecular flexibility index (Phi) is 10500. The molecule has 0 aliphatic carbocycles. The summed E-state index contributed by atoms with van der Waals surface area (Å²) in [7, 11) is 0. The third-order valence-corrected chi connectivity index (χ3v) is 0. The van der Waals surface area contributed by atoms with E-state index in [-0.39, 0.29) is 49.6 Å². The molecule has 0 atom stereocenters. The molecular formula is C13H14Mo2O12-12. The van der Waals surface area contributed by atoms with E-state index < -0.39 is 0 Å². The van der Waals surface area contributed by atoms with Gasteiger partial charge in [-0.2, -0.15) is 0 Å². The zero-order valence-electron chi connectivity index (χ0n) is 13.6. The molecule has 0 spiro atoms. The van der Waals surface area contributed by atoms with Gasteiger partial charge < -0.3 is 60.2 Å². The van der Waals surface area contributed by atoms with E-state index in [0.717, 1.165) is 0 Å². The van der Waals surface area contributed by atoms with Gasteiger partial charge in [0, 0.05) is 42.1 Å². The SMILES string of the molecule is [C-]#[O+].[CH-]=O.[CH-]=O.[CH-]=O.[CH-]=O.[CH-]=O.[CH-]=O.[CH-]=O.[CH-]=O.[CH-]=O.[CH-]=O.[CH-]=O.[CH3-].[Mo].[Mo]. The number of rotatable bonds is 0. The second-order valence-electron chi connectivity index (χ2n) is 0. The summed E-state index contributed by atoms with van der Waals surface area (Å²) in [6.45, 7) is 40.2. The Bertz CT molecular complexity index is 99.1. The fraction of sp³-hybridized carbons (Fsp3) is 0. The van der Waals surface area contributed by atoms with Crippen molar-refractivity contribution in [1.29, 1.82) is 0 Å². The van der Waals surface area contributed by atoms with Gasteiger partial charge in [-0.05, 0) is 0 Å². The molecule has 27 heavy (non-hydrogen) atoms. The summed E-state index contributed by atoms with van der Waals surface area (Å²) in [6, 6.07) is 0. The molecule has 0 radical (unpaired) electrons. The van der Waals surface area contributed by atoms with E-state index >= 15 is 0 Å². The summed E-state index contributed by atoms with van der Waals surface area (Å²) in [4.78, 5) is 85.2. The summed E-state index contributed by atoms with van der Waals surface area (Å²) in [5, 5.41) is 0. The largest absolute Gasteiger partial charge is 0.545 e. The Morgan fingerprint density at radius 1 is 0.296 bits per heavy atom. The van der Waals surface area contributed by atoms with Crippen LogP contribution in [0, 0.1) is 14.1 Å². The Labute approximate surface area is 188 Å². The van der Waals surface area contributed by atoms with Crippen LogP contribution < -0.4 is 0 Å². The molecule has 0 aromatic rings. The zero-order valence-corrected chi connectivity index (χ0v) is 17.6. The molecule has 0 N–H and O–H groups in total. The van der Waals surface area contributed by atoms with Gasteiger partial charge >= 0.3 is 11.3 Å². The Morgan fingerprint density at radius 2 is 0.296 bits per heavy atom. The Hall–Kier alpha value is -2.51. The van der Waals surface area contributed by atoms with Crippen molar-refractivity contribution in [3.63, 3.8) is 0 Å². The van der Waals surface area contributed by atoms with Gasteiger partial charge in [0.15, 0.2) is 0 Å². The molecule has 0 saturated carbocycles. The third-order valence-electron chi connectivity index (χ3n) is 0. The molecule has 0 rings (SSSR count). The first-order valence-electron chi connectivity index (χ1n) is 2.80. The first kappa shape index (κ1) is 150. The van der Waals surface area contributed by atoms with Crippen LogP contribution in [0.3, 0.4) is 0 Å². The topological polar surface area (TPSA) is 208 Å². The molecule has 0 heterocycles.